The van der Waals surface area contributed by atoms with Crippen LogP contribution in [0.25, 0.3) is 0 Å². The highest BCUT2D eigenvalue weighted by atomic mass is 16.5. The first-order valence-electron chi connectivity index (χ1n) is 9.01. The zero-order valence-corrected chi connectivity index (χ0v) is 16.2. The van der Waals surface area contributed by atoms with Crippen molar-refractivity contribution in [3.63, 3.8) is 0 Å². The first-order valence-corrected chi connectivity index (χ1v) is 9.01. The highest BCUT2D eigenvalue weighted by Crippen LogP contribution is 2.19. The zero-order valence-electron chi connectivity index (χ0n) is 16.2. The summed E-state index contributed by atoms with van der Waals surface area (Å²) in [7, 11) is 0. The van der Waals surface area contributed by atoms with E-state index in [1.165, 1.54) is 6.07 Å². The number of amides is 1. The van der Waals surface area contributed by atoms with Crippen LogP contribution in [0.4, 0.5) is 0 Å². The summed E-state index contributed by atoms with van der Waals surface area (Å²) in [4.78, 5) is 37.3. The Bertz CT molecular complexity index is 857. The maximum atomic E-state index is 13.0. The Balaban J connectivity index is 2.20. The van der Waals surface area contributed by atoms with Crippen LogP contribution in [0.3, 0.4) is 0 Å². The van der Waals surface area contributed by atoms with Crippen LogP contribution >= 0.6 is 0 Å². The maximum Gasteiger partial charge on any atom is 0.339 e. The number of nitrogens with one attached hydrogen (secondary N) is 1. The fourth-order valence-electron chi connectivity index (χ4n) is 2.61. The van der Waals surface area contributed by atoms with Gasteiger partial charge in [0.25, 0.3) is 5.91 Å². The summed E-state index contributed by atoms with van der Waals surface area (Å²) in [6, 6.07) is 12.1. The molecule has 5 nitrogen and oxygen atoms in total. The molecule has 2 aromatic carbocycles. The third-order valence-corrected chi connectivity index (χ3v) is 4.38. The Morgan fingerprint density at radius 1 is 1.00 bits per heavy atom. The van der Waals surface area contributed by atoms with Crippen molar-refractivity contribution in [1.82, 2.24) is 5.32 Å². The highest BCUT2D eigenvalue weighted by molar-refractivity contribution is 6.15. The number of carbonyl (C=O) groups is 3. The summed E-state index contributed by atoms with van der Waals surface area (Å²) in [6.45, 7) is 7.21. The topological polar surface area (TPSA) is 72.5 Å². The number of hydrogen-bond acceptors (Lipinski definition) is 4. The van der Waals surface area contributed by atoms with Crippen LogP contribution in [-0.2, 0) is 9.53 Å². The minimum Gasteiger partial charge on any atom is -0.452 e. The van der Waals surface area contributed by atoms with Gasteiger partial charge in [0.2, 0.25) is 0 Å². The van der Waals surface area contributed by atoms with E-state index < -0.39 is 5.97 Å². The predicted octanol–water partition coefficient (Wildman–Crippen LogP) is 3.61. The summed E-state index contributed by atoms with van der Waals surface area (Å²) >= 11 is 0. The number of carbonyl (C=O) groups excluding carboxylic acids is 3. The molecule has 2 aromatic rings. The number of rotatable bonds is 7. The lowest BCUT2D eigenvalue weighted by molar-refractivity contribution is -0.124. The molecule has 0 saturated heterocycles. The molecule has 0 unspecified atom stereocenters. The molecule has 0 fully saturated rings. The van der Waals surface area contributed by atoms with Gasteiger partial charge in [0.05, 0.1) is 5.56 Å². The third-order valence-electron chi connectivity index (χ3n) is 4.38. The van der Waals surface area contributed by atoms with E-state index in [9.17, 15) is 14.4 Å². The molecule has 0 aliphatic heterocycles. The van der Waals surface area contributed by atoms with Crippen molar-refractivity contribution in [2.75, 3.05) is 6.61 Å². The predicted molar refractivity (Wildman–Crippen MR) is 104 cm³/mol. The van der Waals surface area contributed by atoms with Gasteiger partial charge in [0.1, 0.15) is 0 Å². The molecular formula is C22H25NO4. The average Bonchev–Trinajstić information content (AvgIpc) is 2.67. The second kappa shape index (κ2) is 9.12. The summed E-state index contributed by atoms with van der Waals surface area (Å²) in [6.07, 6.45) is 0.785. The molecule has 0 bridgehead atoms. The average molecular weight is 367 g/mol. The third kappa shape index (κ3) is 5.26. The van der Waals surface area contributed by atoms with Gasteiger partial charge in [-0.2, -0.15) is 0 Å². The van der Waals surface area contributed by atoms with E-state index in [1.807, 2.05) is 39.8 Å². The largest absolute Gasteiger partial charge is 0.452 e. The molecule has 1 atom stereocenters. The van der Waals surface area contributed by atoms with Gasteiger partial charge in [-0.15, -0.1) is 0 Å². The Kier molecular flexibility index (Phi) is 6.88. The lowest BCUT2D eigenvalue weighted by atomic mass is 9.94. The number of aryl methyl sites for hydroxylation is 2. The first kappa shape index (κ1) is 20.4. The van der Waals surface area contributed by atoms with Crippen molar-refractivity contribution < 1.29 is 19.1 Å². The lowest BCUT2D eigenvalue weighted by Crippen LogP contribution is -2.35. The molecule has 142 valence electrons. The molecule has 0 aliphatic carbocycles. The highest BCUT2D eigenvalue weighted by Gasteiger charge is 2.21. The lowest BCUT2D eigenvalue weighted by Gasteiger charge is -2.13. The molecule has 1 amide bonds. The van der Waals surface area contributed by atoms with Crippen LogP contribution in [0, 0.1) is 13.8 Å². The fourth-order valence-corrected chi connectivity index (χ4v) is 2.61. The van der Waals surface area contributed by atoms with Crippen LogP contribution in [0.5, 0.6) is 0 Å². The van der Waals surface area contributed by atoms with Crippen molar-refractivity contribution in [2.45, 2.75) is 40.2 Å². The molecule has 1 N–H and O–H groups in total. The second-order valence-corrected chi connectivity index (χ2v) is 6.65. The van der Waals surface area contributed by atoms with Crippen molar-refractivity contribution in [3.8, 4) is 0 Å². The van der Waals surface area contributed by atoms with Gasteiger partial charge in [-0.1, -0.05) is 42.8 Å². The first-order chi connectivity index (χ1) is 12.8. The van der Waals surface area contributed by atoms with Crippen molar-refractivity contribution in [3.05, 3.63) is 70.3 Å². The van der Waals surface area contributed by atoms with E-state index in [1.54, 1.807) is 24.3 Å². The van der Waals surface area contributed by atoms with Gasteiger partial charge in [0, 0.05) is 17.2 Å². The number of ketones is 1. The minimum atomic E-state index is -0.691. The molecule has 0 saturated carbocycles. The molecule has 0 heterocycles. The molecular weight excluding hydrogens is 342 g/mol. The summed E-state index contributed by atoms with van der Waals surface area (Å²) in [5, 5.41) is 2.73. The molecule has 0 radical (unpaired) electrons. The quantitative estimate of drug-likeness (QED) is 0.599. The summed E-state index contributed by atoms with van der Waals surface area (Å²) in [5.41, 5.74) is 2.76. The Morgan fingerprint density at radius 3 is 2.33 bits per heavy atom. The van der Waals surface area contributed by atoms with Crippen LogP contribution < -0.4 is 5.32 Å². The monoisotopic (exact) mass is 367 g/mol. The number of benzene rings is 2. The van der Waals surface area contributed by atoms with Gasteiger partial charge in [-0.05, 0) is 44.9 Å². The van der Waals surface area contributed by atoms with E-state index in [4.69, 9.17) is 4.74 Å². The normalized spacial score (nSPS) is 11.6. The molecule has 0 aromatic heterocycles. The zero-order chi connectivity index (χ0) is 20.0. The van der Waals surface area contributed by atoms with Crippen LogP contribution in [0.1, 0.15) is 57.7 Å². The van der Waals surface area contributed by atoms with Gasteiger partial charge >= 0.3 is 5.97 Å². The Morgan fingerprint density at radius 2 is 1.67 bits per heavy atom. The molecule has 0 spiro atoms. The minimum absolute atomic E-state index is 0.00867. The number of ether oxygens (including phenoxy) is 1. The van der Waals surface area contributed by atoms with E-state index in [0.29, 0.717) is 5.56 Å². The van der Waals surface area contributed by atoms with Gasteiger partial charge in [-0.3, -0.25) is 9.59 Å². The van der Waals surface area contributed by atoms with Gasteiger partial charge in [0.15, 0.2) is 12.4 Å². The van der Waals surface area contributed by atoms with Crippen LogP contribution in [0.2, 0.25) is 0 Å². The maximum absolute atomic E-state index is 13.0. The fraction of sp³-hybridized carbons (Fsp3) is 0.318. The van der Waals surface area contributed by atoms with Gasteiger partial charge < -0.3 is 10.1 Å². The van der Waals surface area contributed by atoms with Crippen LogP contribution in [0.15, 0.2) is 42.5 Å². The van der Waals surface area contributed by atoms with Gasteiger partial charge in [-0.25, -0.2) is 4.79 Å². The van der Waals surface area contributed by atoms with E-state index in [2.05, 4.69) is 5.32 Å². The number of hydrogen-bond donors (Lipinski definition) is 1. The summed E-state index contributed by atoms with van der Waals surface area (Å²) < 4.78 is 5.11. The molecule has 2 rings (SSSR count). The van der Waals surface area contributed by atoms with Crippen LogP contribution in [-0.4, -0.2) is 30.3 Å². The standard InChI is InChI=1S/C22H25NO4/c1-5-16(4)23-20(24)13-27-22(26)18-9-7-6-8-17(18)21(25)19-12-14(2)10-11-15(19)3/h6-12,16H,5,13H2,1-4H3,(H,23,24)/t16-/m1/s1. The Hall–Kier alpha value is -2.95. The second-order valence-electron chi connectivity index (χ2n) is 6.65. The van der Waals surface area contributed by atoms with Crippen molar-refractivity contribution in [2.24, 2.45) is 0 Å². The molecule has 0 aliphatic rings. The Labute approximate surface area is 159 Å². The van der Waals surface area contributed by atoms with E-state index in [-0.39, 0.29) is 35.5 Å². The SMILES string of the molecule is CC[C@@H](C)NC(=O)COC(=O)c1ccccc1C(=O)c1cc(C)ccc1C. The van der Waals surface area contributed by atoms with E-state index >= 15 is 0 Å². The molecule has 5 heteroatoms. The number of esters is 1. The van der Waals surface area contributed by atoms with Crippen molar-refractivity contribution in [1.29, 1.82) is 0 Å². The van der Waals surface area contributed by atoms with E-state index in [0.717, 1.165) is 17.5 Å². The smallest absolute Gasteiger partial charge is 0.339 e. The van der Waals surface area contributed by atoms with Crippen molar-refractivity contribution >= 4 is 17.7 Å². The summed E-state index contributed by atoms with van der Waals surface area (Å²) in [5.74, 6) is -1.30. The molecule has 27 heavy (non-hydrogen) atoms.